The van der Waals surface area contributed by atoms with Gasteiger partial charge in [0.15, 0.2) is 0 Å². The Morgan fingerprint density at radius 1 is 1.28 bits per heavy atom. The molecule has 102 valence electrons. The van der Waals surface area contributed by atoms with E-state index in [0.29, 0.717) is 23.5 Å². The van der Waals surface area contributed by atoms with E-state index in [4.69, 9.17) is 17.3 Å². The molecule has 4 nitrogen and oxygen atoms in total. The molecule has 1 rings (SSSR count). The Kier molecular flexibility index (Phi) is 4.79. The van der Waals surface area contributed by atoms with Crippen LogP contribution in [-0.2, 0) is 0 Å². The predicted octanol–water partition coefficient (Wildman–Crippen LogP) is 3.58. The first kappa shape index (κ1) is 15.0. The first-order valence-corrected chi connectivity index (χ1v) is 6.77. The van der Waals surface area contributed by atoms with E-state index in [1.54, 1.807) is 6.07 Å². The van der Waals surface area contributed by atoms with Crippen LogP contribution in [0.2, 0.25) is 5.28 Å². The summed E-state index contributed by atoms with van der Waals surface area (Å²) in [6, 6.07) is 1.72. The molecular weight excluding hydrogens is 248 g/mol. The molecule has 0 radical (unpaired) electrons. The van der Waals surface area contributed by atoms with E-state index in [2.05, 4.69) is 49.9 Å². The van der Waals surface area contributed by atoms with Crippen molar-refractivity contribution in [2.24, 2.45) is 11.8 Å². The fourth-order valence-corrected chi connectivity index (χ4v) is 2.79. The van der Waals surface area contributed by atoms with Gasteiger partial charge in [0, 0.05) is 11.6 Å². The third kappa shape index (κ3) is 3.05. The molecule has 0 saturated carbocycles. The van der Waals surface area contributed by atoms with Gasteiger partial charge in [0.2, 0.25) is 5.28 Å². The minimum absolute atomic E-state index is 0.0237. The van der Waals surface area contributed by atoms with Gasteiger partial charge in [0.05, 0.1) is 0 Å². The van der Waals surface area contributed by atoms with Crippen LogP contribution in [-0.4, -0.2) is 15.5 Å². The van der Waals surface area contributed by atoms with E-state index in [1.807, 2.05) is 0 Å². The molecule has 3 N–H and O–H groups in total. The predicted molar refractivity (Wildman–Crippen MR) is 77.8 cm³/mol. The number of nitrogens with one attached hydrogen (secondary N) is 1. The van der Waals surface area contributed by atoms with E-state index in [9.17, 15) is 0 Å². The molecule has 0 saturated heterocycles. The molecule has 0 unspecified atom stereocenters. The van der Waals surface area contributed by atoms with Crippen LogP contribution < -0.4 is 11.1 Å². The molecule has 0 atom stereocenters. The number of nitrogens with two attached hydrogens (primary N) is 1. The summed E-state index contributed by atoms with van der Waals surface area (Å²) in [7, 11) is 0. The minimum atomic E-state index is -0.0237. The molecule has 1 aromatic rings. The van der Waals surface area contributed by atoms with Crippen molar-refractivity contribution in [3.05, 3.63) is 11.3 Å². The van der Waals surface area contributed by atoms with E-state index in [1.165, 1.54) is 0 Å². The van der Waals surface area contributed by atoms with Crippen molar-refractivity contribution in [1.29, 1.82) is 0 Å². The van der Waals surface area contributed by atoms with Crippen molar-refractivity contribution >= 4 is 23.2 Å². The van der Waals surface area contributed by atoms with Crippen molar-refractivity contribution in [2.45, 2.75) is 46.6 Å². The Labute approximate surface area is 114 Å². The molecule has 0 aliphatic rings. The standard InChI is InChI=1S/C13H23ClN4/c1-6-13(8(2)3,9(4)5)18-11-7-10(15)16-12(14)17-11/h7-9H,6H2,1-5H3,(H3,15,16,17,18). The third-order valence-electron chi connectivity index (χ3n) is 3.73. The lowest BCUT2D eigenvalue weighted by Crippen LogP contribution is -2.48. The van der Waals surface area contributed by atoms with Crippen LogP contribution >= 0.6 is 11.6 Å². The smallest absolute Gasteiger partial charge is 0.226 e. The first-order valence-electron chi connectivity index (χ1n) is 6.40. The zero-order valence-electron chi connectivity index (χ0n) is 11.8. The number of hydrogen-bond acceptors (Lipinski definition) is 4. The molecule has 0 aliphatic heterocycles. The highest BCUT2D eigenvalue weighted by Crippen LogP contribution is 2.33. The van der Waals surface area contributed by atoms with Crippen LogP contribution in [0, 0.1) is 11.8 Å². The monoisotopic (exact) mass is 270 g/mol. The molecule has 18 heavy (non-hydrogen) atoms. The summed E-state index contributed by atoms with van der Waals surface area (Å²) in [6.45, 7) is 11.0. The summed E-state index contributed by atoms with van der Waals surface area (Å²) in [5.41, 5.74) is 5.67. The molecule has 0 spiro atoms. The highest BCUT2D eigenvalue weighted by atomic mass is 35.5. The van der Waals surface area contributed by atoms with Crippen molar-refractivity contribution < 1.29 is 0 Å². The van der Waals surface area contributed by atoms with Crippen LogP contribution in [0.1, 0.15) is 41.0 Å². The zero-order valence-corrected chi connectivity index (χ0v) is 12.5. The molecule has 0 fully saturated rings. The summed E-state index contributed by atoms with van der Waals surface area (Å²) < 4.78 is 0. The van der Waals surface area contributed by atoms with Gasteiger partial charge in [-0.2, -0.15) is 0 Å². The van der Waals surface area contributed by atoms with Gasteiger partial charge in [-0.25, -0.2) is 9.97 Å². The normalized spacial score (nSPS) is 12.2. The minimum Gasteiger partial charge on any atom is -0.383 e. The topological polar surface area (TPSA) is 63.8 Å². The average Bonchev–Trinajstić information content (AvgIpc) is 2.23. The van der Waals surface area contributed by atoms with Gasteiger partial charge in [0.25, 0.3) is 0 Å². The van der Waals surface area contributed by atoms with Crippen molar-refractivity contribution in [3.63, 3.8) is 0 Å². The number of rotatable bonds is 5. The van der Waals surface area contributed by atoms with Crippen molar-refractivity contribution in [1.82, 2.24) is 9.97 Å². The second kappa shape index (κ2) is 5.74. The maximum absolute atomic E-state index is 5.84. The van der Waals surface area contributed by atoms with E-state index < -0.39 is 0 Å². The van der Waals surface area contributed by atoms with Crippen molar-refractivity contribution in [2.75, 3.05) is 11.1 Å². The lowest BCUT2D eigenvalue weighted by molar-refractivity contribution is 0.243. The van der Waals surface area contributed by atoms with Gasteiger partial charge in [-0.1, -0.05) is 34.6 Å². The summed E-state index contributed by atoms with van der Waals surface area (Å²) in [5.74, 6) is 2.02. The maximum atomic E-state index is 5.84. The van der Waals surface area contributed by atoms with Crippen LogP contribution in [0.5, 0.6) is 0 Å². The zero-order chi connectivity index (χ0) is 13.9. The summed E-state index contributed by atoms with van der Waals surface area (Å²) >= 11 is 5.84. The Bertz CT molecular complexity index is 376. The highest BCUT2D eigenvalue weighted by molar-refractivity contribution is 6.28. The molecule has 1 aromatic heterocycles. The molecule has 1 heterocycles. The number of aromatic nitrogens is 2. The fraction of sp³-hybridized carbons (Fsp3) is 0.692. The third-order valence-corrected chi connectivity index (χ3v) is 3.89. The quantitative estimate of drug-likeness (QED) is 0.803. The van der Waals surface area contributed by atoms with E-state index in [0.717, 1.165) is 6.42 Å². The van der Waals surface area contributed by atoms with Gasteiger partial charge in [0.1, 0.15) is 11.6 Å². The Balaban J connectivity index is 3.10. The number of nitrogens with zero attached hydrogens (tertiary/aromatic N) is 2. The molecule has 0 aromatic carbocycles. The number of anilines is 2. The van der Waals surface area contributed by atoms with Gasteiger partial charge >= 0.3 is 0 Å². The maximum Gasteiger partial charge on any atom is 0.226 e. The molecule has 0 aliphatic carbocycles. The van der Waals surface area contributed by atoms with Gasteiger partial charge in [-0.15, -0.1) is 0 Å². The molecule has 5 heteroatoms. The molecule has 0 amide bonds. The Morgan fingerprint density at radius 3 is 2.22 bits per heavy atom. The summed E-state index contributed by atoms with van der Waals surface area (Å²) in [5, 5.41) is 3.68. The van der Waals surface area contributed by atoms with E-state index >= 15 is 0 Å². The summed E-state index contributed by atoms with van der Waals surface area (Å²) in [6.07, 6.45) is 1.00. The van der Waals surface area contributed by atoms with Crippen molar-refractivity contribution in [3.8, 4) is 0 Å². The lowest BCUT2D eigenvalue weighted by Gasteiger charge is -2.42. The average molecular weight is 271 g/mol. The first-order chi connectivity index (χ1) is 8.31. The van der Waals surface area contributed by atoms with Gasteiger partial charge in [-0.3, -0.25) is 0 Å². The van der Waals surface area contributed by atoms with Crippen LogP contribution in [0.4, 0.5) is 11.6 Å². The largest absolute Gasteiger partial charge is 0.383 e. The Hall–Kier alpha value is -1.03. The van der Waals surface area contributed by atoms with Crippen LogP contribution in [0.3, 0.4) is 0 Å². The van der Waals surface area contributed by atoms with Gasteiger partial charge < -0.3 is 11.1 Å². The molecule has 0 bridgehead atoms. The number of nitrogen functional groups attached to an aromatic ring is 1. The van der Waals surface area contributed by atoms with Crippen LogP contribution in [0.25, 0.3) is 0 Å². The SMILES string of the molecule is CCC(Nc1cc(N)nc(Cl)n1)(C(C)C)C(C)C. The lowest BCUT2D eigenvalue weighted by atomic mass is 9.75. The summed E-state index contributed by atoms with van der Waals surface area (Å²) in [4.78, 5) is 8.07. The fourth-order valence-electron chi connectivity index (χ4n) is 2.60. The number of halogens is 1. The highest BCUT2D eigenvalue weighted by Gasteiger charge is 2.35. The Morgan fingerprint density at radius 2 is 1.83 bits per heavy atom. The van der Waals surface area contributed by atoms with Crippen LogP contribution in [0.15, 0.2) is 6.07 Å². The molecular formula is C13H23ClN4. The second-order valence-corrected chi connectivity index (χ2v) is 5.61. The number of hydrogen-bond donors (Lipinski definition) is 2. The second-order valence-electron chi connectivity index (χ2n) is 5.28. The van der Waals surface area contributed by atoms with Gasteiger partial charge in [-0.05, 0) is 29.9 Å². The van der Waals surface area contributed by atoms with E-state index in [-0.39, 0.29) is 10.8 Å².